The molecule has 1 aromatic rings. The van der Waals surface area contributed by atoms with Crippen molar-refractivity contribution >= 4 is 15.9 Å². The molecule has 1 aliphatic heterocycles. The van der Waals surface area contributed by atoms with Crippen LogP contribution in [0.2, 0.25) is 0 Å². The summed E-state index contributed by atoms with van der Waals surface area (Å²) in [6.45, 7) is 0.966. The SMILES string of the molecule is O=C(NCCCO)C1CCN(S(=O)(=O)c2ccc(F)cc2)CC1. The van der Waals surface area contributed by atoms with Crippen molar-refractivity contribution in [1.29, 1.82) is 0 Å². The maximum atomic E-state index is 12.9. The van der Waals surface area contributed by atoms with E-state index in [-0.39, 0.29) is 36.4 Å². The van der Waals surface area contributed by atoms with Crippen LogP contribution in [-0.2, 0) is 14.8 Å². The van der Waals surface area contributed by atoms with Crippen molar-refractivity contribution in [3.8, 4) is 0 Å². The molecule has 0 radical (unpaired) electrons. The highest BCUT2D eigenvalue weighted by Crippen LogP contribution is 2.24. The van der Waals surface area contributed by atoms with Gasteiger partial charge in [-0.1, -0.05) is 0 Å². The number of hydrogen-bond donors (Lipinski definition) is 2. The summed E-state index contributed by atoms with van der Waals surface area (Å²) in [5, 5.41) is 11.4. The molecule has 0 aliphatic carbocycles. The number of carbonyl (C=O) groups is 1. The second kappa shape index (κ2) is 7.85. The molecular formula is C15H21FN2O4S. The van der Waals surface area contributed by atoms with E-state index >= 15 is 0 Å². The molecule has 23 heavy (non-hydrogen) atoms. The Balaban J connectivity index is 1.93. The van der Waals surface area contributed by atoms with Crippen LogP contribution in [0.5, 0.6) is 0 Å². The molecule has 0 saturated carbocycles. The number of nitrogens with zero attached hydrogens (tertiary/aromatic N) is 1. The number of benzene rings is 1. The average Bonchev–Trinajstić information content (AvgIpc) is 2.55. The minimum Gasteiger partial charge on any atom is -0.396 e. The maximum absolute atomic E-state index is 12.9. The third-order valence-corrected chi connectivity index (χ3v) is 5.82. The number of aliphatic hydroxyl groups is 1. The summed E-state index contributed by atoms with van der Waals surface area (Å²) in [6, 6.07) is 4.74. The Bertz CT molecular complexity index is 625. The van der Waals surface area contributed by atoms with Crippen LogP contribution in [0.1, 0.15) is 19.3 Å². The first-order valence-corrected chi connectivity index (χ1v) is 9.03. The van der Waals surface area contributed by atoms with Crippen molar-refractivity contribution in [2.45, 2.75) is 24.2 Å². The minimum atomic E-state index is -3.65. The molecule has 2 rings (SSSR count). The molecule has 1 aromatic carbocycles. The number of halogens is 1. The van der Waals surface area contributed by atoms with Gasteiger partial charge in [-0.3, -0.25) is 4.79 Å². The van der Waals surface area contributed by atoms with E-state index in [2.05, 4.69) is 5.32 Å². The number of carbonyl (C=O) groups excluding carboxylic acids is 1. The third kappa shape index (κ3) is 4.49. The van der Waals surface area contributed by atoms with E-state index in [0.717, 1.165) is 12.1 Å². The summed E-state index contributed by atoms with van der Waals surface area (Å²) in [4.78, 5) is 12.0. The first-order valence-electron chi connectivity index (χ1n) is 7.59. The minimum absolute atomic E-state index is 0.0225. The van der Waals surface area contributed by atoms with Gasteiger partial charge in [0.15, 0.2) is 0 Å². The summed E-state index contributed by atoms with van der Waals surface area (Å²) >= 11 is 0. The van der Waals surface area contributed by atoms with E-state index in [1.807, 2.05) is 0 Å². The molecule has 1 aliphatic rings. The molecule has 1 saturated heterocycles. The topological polar surface area (TPSA) is 86.7 Å². The number of aliphatic hydroxyl groups excluding tert-OH is 1. The second-order valence-electron chi connectivity index (χ2n) is 5.50. The van der Waals surface area contributed by atoms with Crippen molar-refractivity contribution < 1.29 is 22.7 Å². The Labute approximate surface area is 135 Å². The van der Waals surface area contributed by atoms with Crippen molar-refractivity contribution in [3.05, 3.63) is 30.1 Å². The highest BCUT2D eigenvalue weighted by Gasteiger charge is 2.31. The van der Waals surface area contributed by atoms with Gasteiger partial charge in [0.2, 0.25) is 15.9 Å². The van der Waals surface area contributed by atoms with Crippen LogP contribution in [-0.4, -0.2) is 50.0 Å². The molecule has 0 aromatic heterocycles. The molecule has 6 nitrogen and oxygen atoms in total. The average molecular weight is 344 g/mol. The number of rotatable bonds is 6. The molecule has 0 spiro atoms. The van der Waals surface area contributed by atoms with E-state index < -0.39 is 15.8 Å². The molecule has 1 heterocycles. The smallest absolute Gasteiger partial charge is 0.243 e. The molecule has 0 atom stereocenters. The zero-order valence-electron chi connectivity index (χ0n) is 12.7. The highest BCUT2D eigenvalue weighted by molar-refractivity contribution is 7.89. The van der Waals surface area contributed by atoms with E-state index in [4.69, 9.17) is 5.11 Å². The molecule has 2 N–H and O–H groups in total. The molecule has 128 valence electrons. The summed E-state index contributed by atoms with van der Waals surface area (Å²) in [6.07, 6.45) is 1.40. The van der Waals surface area contributed by atoms with Gasteiger partial charge >= 0.3 is 0 Å². The van der Waals surface area contributed by atoms with Crippen molar-refractivity contribution in [2.75, 3.05) is 26.2 Å². The predicted molar refractivity (Wildman–Crippen MR) is 82.6 cm³/mol. The third-order valence-electron chi connectivity index (χ3n) is 3.91. The fourth-order valence-electron chi connectivity index (χ4n) is 2.55. The van der Waals surface area contributed by atoms with Crippen molar-refractivity contribution in [1.82, 2.24) is 9.62 Å². The molecule has 1 fully saturated rings. The van der Waals surface area contributed by atoms with Crippen LogP contribution in [0, 0.1) is 11.7 Å². The monoisotopic (exact) mass is 344 g/mol. The number of piperidine rings is 1. The number of hydrogen-bond acceptors (Lipinski definition) is 4. The molecule has 0 unspecified atom stereocenters. The first kappa shape index (κ1) is 17.8. The van der Waals surface area contributed by atoms with Crippen LogP contribution in [0.25, 0.3) is 0 Å². The molecule has 8 heteroatoms. The van der Waals surface area contributed by atoms with Gasteiger partial charge in [-0.05, 0) is 43.5 Å². The molecular weight excluding hydrogens is 323 g/mol. The van der Waals surface area contributed by atoms with E-state index in [1.165, 1.54) is 16.4 Å². The van der Waals surface area contributed by atoms with Crippen LogP contribution in [0.3, 0.4) is 0 Å². The van der Waals surface area contributed by atoms with Gasteiger partial charge in [0.05, 0.1) is 4.90 Å². The lowest BCUT2D eigenvalue weighted by Gasteiger charge is -2.30. The zero-order chi connectivity index (χ0) is 16.9. The van der Waals surface area contributed by atoms with Gasteiger partial charge < -0.3 is 10.4 Å². The number of sulfonamides is 1. The highest BCUT2D eigenvalue weighted by atomic mass is 32.2. The Kier molecular flexibility index (Phi) is 6.09. The van der Waals surface area contributed by atoms with Crippen LogP contribution in [0.15, 0.2) is 29.2 Å². The van der Waals surface area contributed by atoms with Crippen LogP contribution < -0.4 is 5.32 Å². The molecule has 1 amide bonds. The van der Waals surface area contributed by atoms with Gasteiger partial charge in [0.1, 0.15) is 5.82 Å². The van der Waals surface area contributed by atoms with Crippen LogP contribution in [0.4, 0.5) is 4.39 Å². The van der Waals surface area contributed by atoms with Gasteiger partial charge in [0, 0.05) is 32.2 Å². The second-order valence-corrected chi connectivity index (χ2v) is 7.44. The normalized spacial score (nSPS) is 17.1. The Hall–Kier alpha value is -1.51. The predicted octanol–water partition coefficient (Wildman–Crippen LogP) is 0.725. The lowest BCUT2D eigenvalue weighted by Crippen LogP contribution is -2.43. The lowest BCUT2D eigenvalue weighted by molar-refractivity contribution is -0.126. The van der Waals surface area contributed by atoms with Crippen molar-refractivity contribution in [2.24, 2.45) is 5.92 Å². The largest absolute Gasteiger partial charge is 0.396 e. The maximum Gasteiger partial charge on any atom is 0.243 e. The Morgan fingerprint density at radius 2 is 1.87 bits per heavy atom. The zero-order valence-corrected chi connectivity index (χ0v) is 13.6. The van der Waals surface area contributed by atoms with E-state index in [0.29, 0.717) is 25.8 Å². The summed E-state index contributed by atoms with van der Waals surface area (Å²) in [5.41, 5.74) is 0. The summed E-state index contributed by atoms with van der Waals surface area (Å²) < 4.78 is 39.2. The first-order chi connectivity index (χ1) is 10.9. The van der Waals surface area contributed by atoms with Gasteiger partial charge in [-0.2, -0.15) is 4.31 Å². The van der Waals surface area contributed by atoms with Crippen LogP contribution >= 0.6 is 0 Å². The summed E-state index contributed by atoms with van der Waals surface area (Å²) in [5.74, 6) is -0.798. The van der Waals surface area contributed by atoms with E-state index in [9.17, 15) is 17.6 Å². The Morgan fingerprint density at radius 3 is 2.43 bits per heavy atom. The quantitative estimate of drug-likeness (QED) is 0.745. The number of nitrogens with one attached hydrogen (secondary N) is 1. The van der Waals surface area contributed by atoms with Crippen molar-refractivity contribution in [3.63, 3.8) is 0 Å². The summed E-state index contributed by atoms with van der Waals surface area (Å²) in [7, 11) is -3.65. The molecule has 0 bridgehead atoms. The van der Waals surface area contributed by atoms with Gasteiger partial charge in [-0.25, -0.2) is 12.8 Å². The lowest BCUT2D eigenvalue weighted by atomic mass is 9.97. The standard InChI is InChI=1S/C15H21FN2O4S/c16-13-2-4-14(5-3-13)23(21,22)18-9-6-12(7-10-18)15(20)17-8-1-11-19/h2-5,12,19H,1,6-11H2,(H,17,20). The fourth-order valence-corrected chi connectivity index (χ4v) is 4.02. The fraction of sp³-hybridized carbons (Fsp3) is 0.533. The van der Waals surface area contributed by atoms with Gasteiger partial charge in [0.25, 0.3) is 0 Å². The van der Waals surface area contributed by atoms with Gasteiger partial charge in [-0.15, -0.1) is 0 Å². The number of amides is 1. The Morgan fingerprint density at radius 1 is 1.26 bits per heavy atom. The van der Waals surface area contributed by atoms with E-state index in [1.54, 1.807) is 0 Å².